The van der Waals surface area contributed by atoms with Gasteiger partial charge in [-0.3, -0.25) is 0 Å². The summed E-state index contributed by atoms with van der Waals surface area (Å²) in [5.41, 5.74) is 2.84. The number of halogens is 7. The number of rotatable bonds is 2. The van der Waals surface area contributed by atoms with Gasteiger partial charge in [-0.1, -0.05) is 29.8 Å². The van der Waals surface area contributed by atoms with Crippen molar-refractivity contribution in [2.75, 3.05) is 5.73 Å². The van der Waals surface area contributed by atoms with Crippen LogP contribution < -0.4 is 5.73 Å². The van der Waals surface area contributed by atoms with Crippen LogP contribution in [0.25, 0.3) is 16.8 Å². The lowest BCUT2D eigenvalue weighted by atomic mass is 10.1. The third-order valence-corrected chi connectivity index (χ3v) is 3.96. The van der Waals surface area contributed by atoms with Gasteiger partial charge >= 0.3 is 12.4 Å². The lowest BCUT2D eigenvalue weighted by molar-refractivity contribution is -0.141. The van der Waals surface area contributed by atoms with E-state index < -0.39 is 35.0 Å². The molecule has 0 aliphatic carbocycles. The third kappa shape index (κ3) is 3.73. The van der Waals surface area contributed by atoms with Crippen molar-refractivity contribution >= 4 is 17.4 Å². The summed E-state index contributed by atoms with van der Waals surface area (Å²) in [5.74, 6) is -0.455. The highest BCUT2D eigenvalue weighted by Crippen LogP contribution is 2.41. The molecule has 0 aliphatic rings. The van der Waals surface area contributed by atoms with Crippen LogP contribution in [-0.4, -0.2) is 9.78 Å². The first-order valence-electron chi connectivity index (χ1n) is 7.38. The summed E-state index contributed by atoms with van der Waals surface area (Å²) >= 11 is 5.83. The third-order valence-electron chi connectivity index (χ3n) is 3.72. The first-order valence-corrected chi connectivity index (χ1v) is 7.75. The van der Waals surface area contributed by atoms with Gasteiger partial charge in [-0.2, -0.15) is 31.4 Å². The molecular formula is C17H10ClF6N3. The summed E-state index contributed by atoms with van der Waals surface area (Å²) in [7, 11) is 0. The minimum Gasteiger partial charge on any atom is -0.383 e. The predicted molar refractivity (Wildman–Crippen MR) is 88.4 cm³/mol. The largest absolute Gasteiger partial charge is 0.435 e. The second-order valence-corrected chi connectivity index (χ2v) is 6.01. The van der Waals surface area contributed by atoms with Gasteiger partial charge in [0, 0.05) is 5.02 Å². The maximum atomic E-state index is 13.5. The zero-order valence-electron chi connectivity index (χ0n) is 13.2. The molecule has 10 heteroatoms. The molecule has 3 nitrogen and oxygen atoms in total. The van der Waals surface area contributed by atoms with Crippen LogP contribution in [0.2, 0.25) is 5.02 Å². The fourth-order valence-corrected chi connectivity index (χ4v) is 2.76. The standard InChI is InChI=1S/C17H10ClF6N3/c18-11-5-1-3-9(7-11)13-14(17(22,23)24)26-27(15(13)25)12-6-2-4-10(8-12)16(19,20)21/h1-8H,25H2. The van der Waals surface area contributed by atoms with Crippen LogP contribution in [0.1, 0.15) is 11.3 Å². The highest BCUT2D eigenvalue weighted by atomic mass is 35.5. The van der Waals surface area contributed by atoms with Gasteiger partial charge in [0.1, 0.15) is 5.82 Å². The number of anilines is 1. The van der Waals surface area contributed by atoms with Crippen molar-refractivity contribution in [3.05, 3.63) is 64.8 Å². The fraction of sp³-hybridized carbons (Fsp3) is 0.118. The van der Waals surface area contributed by atoms with E-state index >= 15 is 0 Å². The second kappa shape index (κ2) is 6.49. The molecule has 3 aromatic rings. The van der Waals surface area contributed by atoms with Crippen molar-refractivity contribution in [3.63, 3.8) is 0 Å². The molecule has 2 aromatic carbocycles. The van der Waals surface area contributed by atoms with Crippen molar-refractivity contribution in [1.29, 1.82) is 0 Å². The summed E-state index contributed by atoms with van der Waals surface area (Å²) in [6.45, 7) is 0. The van der Waals surface area contributed by atoms with Crippen LogP contribution in [0.4, 0.5) is 32.2 Å². The van der Waals surface area contributed by atoms with Gasteiger partial charge in [-0.25, -0.2) is 4.68 Å². The molecule has 1 heterocycles. The smallest absolute Gasteiger partial charge is 0.383 e. The minimum absolute atomic E-state index is 0.0468. The molecule has 142 valence electrons. The number of hydrogen-bond acceptors (Lipinski definition) is 2. The predicted octanol–water partition coefficient (Wildman–Crippen LogP) is 5.81. The van der Waals surface area contributed by atoms with Crippen molar-refractivity contribution in [3.8, 4) is 16.8 Å². The number of nitrogens with zero attached hydrogens (tertiary/aromatic N) is 2. The van der Waals surface area contributed by atoms with Crippen LogP contribution in [0, 0.1) is 0 Å². The van der Waals surface area contributed by atoms with Gasteiger partial charge in [0.25, 0.3) is 0 Å². The Labute approximate surface area is 154 Å². The summed E-state index contributed by atoms with van der Waals surface area (Å²) in [4.78, 5) is 0. The molecule has 0 unspecified atom stereocenters. The van der Waals surface area contributed by atoms with E-state index in [1.165, 1.54) is 30.3 Å². The van der Waals surface area contributed by atoms with E-state index in [0.29, 0.717) is 10.7 Å². The molecule has 0 spiro atoms. The Balaban J connectivity index is 2.25. The number of nitrogen functional groups attached to an aromatic ring is 1. The molecule has 0 amide bonds. The molecule has 0 fully saturated rings. The Hall–Kier alpha value is -2.68. The quantitative estimate of drug-likeness (QED) is 0.546. The van der Waals surface area contributed by atoms with Gasteiger partial charge in [-0.15, -0.1) is 0 Å². The van der Waals surface area contributed by atoms with Crippen molar-refractivity contribution in [2.24, 2.45) is 0 Å². The Bertz CT molecular complexity index is 991. The Morgan fingerprint density at radius 3 is 2.15 bits per heavy atom. The van der Waals surface area contributed by atoms with Gasteiger partial charge < -0.3 is 5.73 Å². The van der Waals surface area contributed by atoms with Gasteiger partial charge in [0.2, 0.25) is 0 Å². The SMILES string of the molecule is Nc1c(-c2cccc(Cl)c2)c(C(F)(F)F)nn1-c1cccc(C(F)(F)F)c1. The summed E-state index contributed by atoms with van der Waals surface area (Å²) < 4.78 is 79.8. The van der Waals surface area contributed by atoms with Crippen LogP contribution in [0.15, 0.2) is 48.5 Å². The van der Waals surface area contributed by atoms with Gasteiger partial charge in [-0.05, 0) is 35.9 Å². The Kier molecular flexibility index (Phi) is 4.59. The van der Waals surface area contributed by atoms with Crippen molar-refractivity contribution in [1.82, 2.24) is 9.78 Å². The van der Waals surface area contributed by atoms with Crippen molar-refractivity contribution in [2.45, 2.75) is 12.4 Å². The fourth-order valence-electron chi connectivity index (χ4n) is 2.57. The van der Waals surface area contributed by atoms with Crippen LogP contribution in [0.5, 0.6) is 0 Å². The normalized spacial score (nSPS) is 12.4. The van der Waals surface area contributed by atoms with E-state index in [2.05, 4.69) is 5.10 Å². The first-order chi connectivity index (χ1) is 12.5. The van der Waals surface area contributed by atoms with Crippen LogP contribution in [-0.2, 0) is 12.4 Å². The monoisotopic (exact) mass is 405 g/mol. The zero-order chi connectivity index (χ0) is 20.0. The van der Waals surface area contributed by atoms with E-state index in [4.69, 9.17) is 17.3 Å². The topological polar surface area (TPSA) is 43.8 Å². The molecule has 27 heavy (non-hydrogen) atoms. The average molecular weight is 406 g/mol. The molecule has 2 N–H and O–H groups in total. The first kappa shape index (κ1) is 19.1. The van der Waals surface area contributed by atoms with Crippen LogP contribution in [0.3, 0.4) is 0 Å². The van der Waals surface area contributed by atoms with E-state index in [9.17, 15) is 26.3 Å². The molecule has 0 atom stereocenters. The lowest BCUT2D eigenvalue weighted by Crippen LogP contribution is -2.09. The molecule has 0 bridgehead atoms. The highest BCUT2D eigenvalue weighted by Gasteiger charge is 2.40. The summed E-state index contributed by atoms with van der Waals surface area (Å²) in [5, 5.41) is 3.61. The maximum Gasteiger partial charge on any atom is 0.435 e. The number of aromatic nitrogens is 2. The summed E-state index contributed by atoms with van der Waals surface area (Å²) in [6.07, 6.45) is -9.54. The maximum absolute atomic E-state index is 13.5. The molecular weight excluding hydrogens is 396 g/mol. The average Bonchev–Trinajstić information content (AvgIpc) is 2.92. The zero-order valence-corrected chi connectivity index (χ0v) is 14.0. The van der Waals surface area contributed by atoms with Crippen molar-refractivity contribution < 1.29 is 26.3 Å². The van der Waals surface area contributed by atoms with E-state index in [1.54, 1.807) is 0 Å². The molecule has 0 aliphatic heterocycles. The molecule has 0 radical (unpaired) electrons. The lowest BCUT2D eigenvalue weighted by Gasteiger charge is -2.10. The number of alkyl halides is 6. The minimum atomic E-state index is -4.88. The van der Waals surface area contributed by atoms with E-state index in [-0.39, 0.29) is 16.3 Å². The number of hydrogen-bond donors (Lipinski definition) is 1. The molecule has 0 saturated heterocycles. The second-order valence-electron chi connectivity index (χ2n) is 5.58. The van der Waals surface area contributed by atoms with E-state index in [1.807, 2.05) is 0 Å². The summed E-state index contributed by atoms with van der Waals surface area (Å²) in [6, 6.07) is 9.22. The van der Waals surface area contributed by atoms with Gasteiger partial charge in [0.15, 0.2) is 5.69 Å². The number of benzene rings is 2. The van der Waals surface area contributed by atoms with E-state index in [0.717, 1.165) is 12.1 Å². The van der Waals surface area contributed by atoms with Gasteiger partial charge in [0.05, 0.1) is 16.8 Å². The Morgan fingerprint density at radius 2 is 1.56 bits per heavy atom. The van der Waals surface area contributed by atoms with Crippen LogP contribution >= 0.6 is 11.6 Å². The highest BCUT2D eigenvalue weighted by molar-refractivity contribution is 6.30. The molecule has 0 saturated carbocycles. The molecule has 3 rings (SSSR count). The number of nitrogens with two attached hydrogens (primary N) is 1. The Morgan fingerprint density at radius 1 is 0.889 bits per heavy atom. The molecule has 1 aromatic heterocycles.